The van der Waals surface area contributed by atoms with E-state index >= 15 is 4.39 Å². The molecule has 30 heavy (non-hydrogen) atoms. The highest BCUT2D eigenvalue weighted by atomic mass is 19.1. The Balaban J connectivity index is 1.62. The molecule has 10 heteroatoms. The first-order valence-corrected chi connectivity index (χ1v) is 10.4. The highest BCUT2D eigenvalue weighted by Gasteiger charge is 2.59. The molecule has 1 saturated heterocycles. The number of aromatic amines is 1. The molecule has 2 saturated carbocycles. The van der Waals surface area contributed by atoms with E-state index in [9.17, 15) is 19.8 Å². The number of rotatable bonds is 5. The summed E-state index contributed by atoms with van der Waals surface area (Å²) >= 11 is 0. The Morgan fingerprint density at radius 2 is 2.07 bits per heavy atom. The number of fused-ring (bicyclic) bond motifs is 1. The van der Waals surface area contributed by atoms with Crippen molar-refractivity contribution in [2.24, 2.45) is 17.1 Å². The number of nitrogens with two attached hydrogens (primary N) is 1. The molecule has 1 aromatic rings. The van der Waals surface area contributed by atoms with Gasteiger partial charge in [0, 0.05) is 32.2 Å². The summed E-state index contributed by atoms with van der Waals surface area (Å²) in [4.78, 5) is 29.3. The van der Waals surface area contributed by atoms with E-state index in [1.807, 2.05) is 4.90 Å². The number of hydrogen-bond acceptors (Lipinski definition) is 7. The smallest absolute Gasteiger partial charge is 0.328 e. The standard InChI is InChI=1S/C20H27FN4O5/c1-30-17-15-12(18(28)23-19(29)25(15)9-2-3-9)14(22)13(21)16(17)24-6-10(11(27)7-26)20(8-24)4-5-20/h9-11,16-17,26-27H,2-8,22H2,1H3,(H,23,28,29). The summed E-state index contributed by atoms with van der Waals surface area (Å²) < 4.78 is 22.8. The van der Waals surface area contributed by atoms with Gasteiger partial charge >= 0.3 is 5.69 Å². The van der Waals surface area contributed by atoms with Gasteiger partial charge in [-0.15, -0.1) is 0 Å². The number of hydrogen-bond donors (Lipinski definition) is 4. The number of H-pyrrole nitrogens is 1. The van der Waals surface area contributed by atoms with Gasteiger partial charge in [0.05, 0.1) is 35.7 Å². The van der Waals surface area contributed by atoms with E-state index in [4.69, 9.17) is 10.5 Å². The van der Waals surface area contributed by atoms with Crippen molar-refractivity contribution in [3.8, 4) is 0 Å². The van der Waals surface area contributed by atoms with Crippen molar-refractivity contribution in [3.05, 3.63) is 37.9 Å². The van der Waals surface area contributed by atoms with Crippen molar-refractivity contribution in [1.29, 1.82) is 0 Å². The fourth-order valence-corrected chi connectivity index (χ4v) is 5.55. The number of nitrogens with one attached hydrogen (secondary N) is 1. The summed E-state index contributed by atoms with van der Waals surface area (Å²) in [6.07, 6.45) is 1.63. The molecular weight excluding hydrogens is 395 g/mol. The summed E-state index contributed by atoms with van der Waals surface area (Å²) in [5, 5.41) is 19.8. The van der Waals surface area contributed by atoms with Gasteiger partial charge in [-0.05, 0) is 31.1 Å². The second-order valence-corrected chi connectivity index (χ2v) is 9.13. The Morgan fingerprint density at radius 1 is 1.37 bits per heavy atom. The van der Waals surface area contributed by atoms with Crippen LogP contribution in [0, 0.1) is 11.3 Å². The van der Waals surface area contributed by atoms with E-state index < -0.39 is 35.3 Å². The third-order valence-electron chi connectivity index (χ3n) is 7.36. The second kappa shape index (κ2) is 6.74. The quantitative estimate of drug-likeness (QED) is 0.507. The average molecular weight is 422 g/mol. The van der Waals surface area contributed by atoms with Gasteiger partial charge in [-0.3, -0.25) is 19.2 Å². The number of nitrogens with zero attached hydrogens (tertiary/aromatic N) is 2. The van der Waals surface area contributed by atoms with Crippen LogP contribution in [0.1, 0.15) is 49.1 Å². The van der Waals surface area contributed by atoms with Gasteiger partial charge in [0.1, 0.15) is 11.9 Å². The van der Waals surface area contributed by atoms with Crippen LogP contribution in [0.3, 0.4) is 0 Å². The lowest BCUT2D eigenvalue weighted by molar-refractivity contribution is 0.00950. The number of likely N-dealkylation sites (tertiary alicyclic amines) is 1. The zero-order chi connectivity index (χ0) is 21.4. The minimum Gasteiger partial charge on any atom is -0.396 e. The van der Waals surface area contributed by atoms with Crippen molar-refractivity contribution < 1.29 is 19.3 Å². The molecule has 0 bridgehead atoms. The van der Waals surface area contributed by atoms with E-state index in [0.29, 0.717) is 18.8 Å². The predicted molar refractivity (Wildman–Crippen MR) is 105 cm³/mol. The van der Waals surface area contributed by atoms with E-state index in [1.165, 1.54) is 11.7 Å². The van der Waals surface area contributed by atoms with Crippen LogP contribution in [0.2, 0.25) is 0 Å². The minimum absolute atomic E-state index is 0.0330. The zero-order valence-corrected chi connectivity index (χ0v) is 16.8. The van der Waals surface area contributed by atoms with Gasteiger partial charge in [0.2, 0.25) is 0 Å². The Labute approximate surface area is 171 Å². The first-order chi connectivity index (χ1) is 14.3. The van der Waals surface area contributed by atoms with E-state index in [2.05, 4.69) is 4.98 Å². The summed E-state index contributed by atoms with van der Waals surface area (Å²) in [7, 11) is 1.43. The van der Waals surface area contributed by atoms with E-state index in [0.717, 1.165) is 25.7 Å². The molecule has 4 aliphatic rings. The molecule has 0 radical (unpaired) electrons. The molecular formula is C20H27FN4O5. The molecule has 3 aliphatic carbocycles. The largest absolute Gasteiger partial charge is 0.396 e. The van der Waals surface area contributed by atoms with Crippen LogP contribution in [0.15, 0.2) is 15.4 Å². The summed E-state index contributed by atoms with van der Waals surface area (Å²) in [5.74, 6) is -0.837. The molecule has 1 aromatic heterocycles. The fourth-order valence-electron chi connectivity index (χ4n) is 5.55. The lowest BCUT2D eigenvalue weighted by Crippen LogP contribution is -2.48. The monoisotopic (exact) mass is 422 g/mol. The number of ether oxygens (including phenoxy) is 1. The molecule has 2 heterocycles. The Kier molecular flexibility index (Phi) is 4.48. The van der Waals surface area contributed by atoms with Crippen molar-refractivity contribution in [2.45, 2.75) is 50.0 Å². The molecule has 3 fully saturated rings. The predicted octanol–water partition coefficient (Wildman–Crippen LogP) is -0.397. The number of aliphatic hydroxyl groups excluding tert-OH is 2. The van der Waals surface area contributed by atoms with E-state index in [-0.39, 0.29) is 35.2 Å². The molecule has 0 aromatic carbocycles. The number of halogens is 1. The average Bonchev–Trinajstić information content (AvgIpc) is 3.62. The van der Waals surface area contributed by atoms with Crippen LogP contribution >= 0.6 is 0 Å². The Hall–Kier alpha value is -2.01. The Morgan fingerprint density at radius 3 is 2.63 bits per heavy atom. The first kappa shape index (κ1) is 19.9. The number of aliphatic hydroxyl groups is 2. The highest BCUT2D eigenvalue weighted by molar-refractivity contribution is 5.70. The van der Waals surface area contributed by atoms with Crippen LogP contribution in [0.4, 0.5) is 4.39 Å². The van der Waals surface area contributed by atoms with Crippen LogP contribution in [0.25, 0.3) is 5.70 Å². The van der Waals surface area contributed by atoms with Gasteiger partial charge in [0.25, 0.3) is 5.56 Å². The van der Waals surface area contributed by atoms with Gasteiger partial charge in [-0.25, -0.2) is 9.18 Å². The summed E-state index contributed by atoms with van der Waals surface area (Å²) in [6, 6.07) is -0.963. The Bertz CT molecular complexity index is 1030. The van der Waals surface area contributed by atoms with Crippen LogP contribution in [0.5, 0.6) is 0 Å². The maximum Gasteiger partial charge on any atom is 0.328 e. The van der Waals surface area contributed by atoms with Crippen molar-refractivity contribution in [3.63, 3.8) is 0 Å². The third-order valence-corrected chi connectivity index (χ3v) is 7.36. The number of aromatic nitrogens is 2. The first-order valence-electron chi connectivity index (χ1n) is 10.4. The van der Waals surface area contributed by atoms with Gasteiger partial charge in [-0.1, -0.05) is 0 Å². The molecule has 5 rings (SSSR count). The summed E-state index contributed by atoms with van der Waals surface area (Å²) in [6.45, 7) is 0.559. The van der Waals surface area contributed by atoms with Gasteiger partial charge in [-0.2, -0.15) is 0 Å². The SMILES string of the molecule is COC1c2c(c(=O)[nH]c(=O)n2C2CC2)C(N)=C(F)C1N1CC(C(O)CO)C2(CC2)C1. The lowest BCUT2D eigenvalue weighted by Gasteiger charge is -2.38. The molecule has 1 aliphatic heterocycles. The van der Waals surface area contributed by atoms with Crippen molar-refractivity contribution in [2.75, 3.05) is 26.8 Å². The molecule has 4 atom stereocenters. The molecule has 164 valence electrons. The molecule has 5 N–H and O–H groups in total. The van der Waals surface area contributed by atoms with Crippen LogP contribution in [-0.2, 0) is 4.74 Å². The van der Waals surface area contributed by atoms with Gasteiger partial charge in [0.15, 0.2) is 0 Å². The van der Waals surface area contributed by atoms with Gasteiger partial charge < -0.3 is 20.7 Å². The van der Waals surface area contributed by atoms with Crippen molar-refractivity contribution >= 4 is 5.70 Å². The maximum atomic E-state index is 15.6. The topological polar surface area (TPSA) is 134 Å². The molecule has 0 amide bonds. The lowest BCUT2D eigenvalue weighted by atomic mass is 9.88. The van der Waals surface area contributed by atoms with Crippen LogP contribution in [-0.4, -0.2) is 63.6 Å². The van der Waals surface area contributed by atoms with Crippen molar-refractivity contribution in [1.82, 2.24) is 14.5 Å². The normalized spacial score (nSPS) is 31.3. The van der Waals surface area contributed by atoms with E-state index in [1.54, 1.807) is 0 Å². The summed E-state index contributed by atoms with van der Waals surface area (Å²) in [5.41, 5.74) is 4.73. The third kappa shape index (κ3) is 2.74. The second-order valence-electron chi connectivity index (χ2n) is 9.13. The minimum atomic E-state index is -0.901. The fraction of sp³-hybridized carbons (Fsp3) is 0.700. The molecule has 9 nitrogen and oxygen atoms in total. The highest BCUT2D eigenvalue weighted by Crippen LogP contribution is 2.59. The van der Waals surface area contributed by atoms with Crippen LogP contribution < -0.4 is 17.0 Å². The zero-order valence-electron chi connectivity index (χ0n) is 16.8. The molecule has 4 unspecified atom stereocenters. The number of methoxy groups -OCH3 is 1. The molecule has 1 spiro atoms. The maximum absolute atomic E-state index is 15.6.